The summed E-state index contributed by atoms with van der Waals surface area (Å²) >= 11 is 0. The Bertz CT molecular complexity index is 1220. The van der Waals surface area contributed by atoms with Gasteiger partial charge in [-0.15, -0.1) is 0 Å². The number of aliphatic hydroxyl groups excluding tert-OH is 1. The van der Waals surface area contributed by atoms with Crippen molar-refractivity contribution in [1.82, 2.24) is 4.98 Å². The van der Waals surface area contributed by atoms with Crippen LogP contribution in [-0.2, 0) is 14.2 Å². The van der Waals surface area contributed by atoms with Gasteiger partial charge in [0.15, 0.2) is 17.5 Å². The van der Waals surface area contributed by atoms with Gasteiger partial charge < -0.3 is 49.8 Å². The van der Waals surface area contributed by atoms with Crippen molar-refractivity contribution in [3.05, 3.63) is 24.0 Å². The third-order valence-electron chi connectivity index (χ3n) is 11.8. The van der Waals surface area contributed by atoms with Gasteiger partial charge in [0.25, 0.3) is 0 Å². The summed E-state index contributed by atoms with van der Waals surface area (Å²) in [5, 5.41) is 74.5. The van der Waals surface area contributed by atoms with Crippen molar-refractivity contribution in [3.63, 3.8) is 0 Å². The van der Waals surface area contributed by atoms with Gasteiger partial charge in [-0.2, -0.15) is 0 Å². The van der Waals surface area contributed by atoms with E-state index in [-0.39, 0.29) is 12.1 Å². The van der Waals surface area contributed by atoms with Gasteiger partial charge in [0.05, 0.1) is 11.5 Å². The van der Waals surface area contributed by atoms with Crippen molar-refractivity contribution in [2.45, 2.75) is 105 Å². The smallest absolute Gasteiger partial charge is 0.355 e. The SMILES string of the molecule is CC(C)[C@@]1(O)[C@@H](OC(=O)c2ccc[nH]2)[C@@]2(O)[C@@]3(C)C[C@]4(O)O[C@@]5([C@@H](O)[C@@]6(C)O[C@H]6C[C@]35O)[C@@]2(O)[C@]14C. The van der Waals surface area contributed by atoms with Crippen LogP contribution in [0.15, 0.2) is 18.3 Å². The lowest BCUT2D eigenvalue weighted by Gasteiger charge is -2.59. The van der Waals surface area contributed by atoms with E-state index in [1.165, 1.54) is 26.1 Å². The molecule has 36 heavy (non-hydrogen) atoms. The number of esters is 1. The summed E-state index contributed by atoms with van der Waals surface area (Å²) in [6.07, 6.45) is -3.06. The topological polar surface area (TPSA) is 185 Å². The van der Waals surface area contributed by atoms with Crippen LogP contribution in [0.4, 0.5) is 0 Å². The Labute approximate surface area is 207 Å². The van der Waals surface area contributed by atoms with Crippen molar-refractivity contribution in [2.75, 3.05) is 0 Å². The number of carbonyl (C=O) groups excluding carboxylic acids is 1. The Balaban J connectivity index is 1.55. The Morgan fingerprint density at radius 3 is 2.42 bits per heavy atom. The molecule has 0 aromatic carbocycles. The van der Waals surface area contributed by atoms with Gasteiger partial charge in [-0.3, -0.25) is 0 Å². The van der Waals surface area contributed by atoms with Crippen molar-refractivity contribution in [3.8, 4) is 0 Å². The summed E-state index contributed by atoms with van der Waals surface area (Å²) in [5.41, 5.74) is -17.0. The molecular weight excluding hydrogens is 474 g/mol. The van der Waals surface area contributed by atoms with Gasteiger partial charge in [-0.05, 0) is 31.9 Å². The largest absolute Gasteiger partial charge is 0.451 e. The van der Waals surface area contributed by atoms with Crippen molar-refractivity contribution in [2.24, 2.45) is 16.7 Å². The minimum Gasteiger partial charge on any atom is -0.451 e. The molecule has 7 aliphatic rings. The molecule has 3 aliphatic heterocycles. The first-order valence-electron chi connectivity index (χ1n) is 12.5. The van der Waals surface area contributed by atoms with Crippen molar-refractivity contribution in [1.29, 1.82) is 0 Å². The Morgan fingerprint density at radius 2 is 1.83 bits per heavy atom. The molecule has 7 N–H and O–H groups in total. The Morgan fingerprint density at radius 1 is 1.17 bits per heavy atom. The third kappa shape index (κ3) is 1.60. The molecular formula is C25H33NO10. The molecule has 198 valence electrons. The van der Waals surface area contributed by atoms with Crippen molar-refractivity contribution < 1.29 is 49.6 Å². The van der Waals surface area contributed by atoms with Crippen LogP contribution in [0.25, 0.3) is 0 Å². The van der Waals surface area contributed by atoms with E-state index in [1.807, 2.05) is 0 Å². The maximum Gasteiger partial charge on any atom is 0.355 e. The number of aliphatic hydroxyl groups is 6. The number of hydrogen-bond donors (Lipinski definition) is 7. The number of nitrogens with one attached hydrogen (secondary N) is 1. The molecule has 4 heterocycles. The van der Waals surface area contributed by atoms with Gasteiger partial charge in [0.2, 0.25) is 0 Å². The molecule has 11 nitrogen and oxygen atoms in total. The van der Waals surface area contributed by atoms with Crippen LogP contribution in [0.2, 0.25) is 0 Å². The van der Waals surface area contributed by atoms with Crippen LogP contribution in [0.3, 0.4) is 0 Å². The van der Waals surface area contributed by atoms with Crippen molar-refractivity contribution >= 4 is 5.97 Å². The number of epoxide rings is 1. The van der Waals surface area contributed by atoms with Crippen LogP contribution >= 0.6 is 0 Å². The lowest BCUT2D eigenvalue weighted by Crippen LogP contribution is -2.77. The van der Waals surface area contributed by atoms with E-state index in [0.29, 0.717) is 0 Å². The van der Waals surface area contributed by atoms with E-state index >= 15 is 0 Å². The summed E-state index contributed by atoms with van der Waals surface area (Å²) in [7, 11) is 0. The second kappa shape index (κ2) is 5.57. The molecule has 0 unspecified atom stereocenters. The molecule has 6 bridgehead atoms. The number of hydrogen-bond acceptors (Lipinski definition) is 10. The number of ether oxygens (including phenoxy) is 3. The summed E-state index contributed by atoms with van der Waals surface area (Å²) in [4.78, 5) is 15.9. The van der Waals surface area contributed by atoms with Crippen LogP contribution in [0.5, 0.6) is 0 Å². The predicted octanol–water partition coefficient (Wildman–Crippen LogP) is -1.06. The third-order valence-corrected chi connectivity index (χ3v) is 11.8. The summed E-state index contributed by atoms with van der Waals surface area (Å²) in [6, 6.07) is 3.04. The molecule has 12 atom stereocenters. The molecule has 4 saturated carbocycles. The zero-order valence-electron chi connectivity index (χ0n) is 20.8. The van der Waals surface area contributed by atoms with Gasteiger partial charge in [-0.1, -0.05) is 20.8 Å². The highest BCUT2D eigenvalue weighted by Gasteiger charge is 3.11. The second-order valence-electron chi connectivity index (χ2n) is 12.8. The zero-order valence-corrected chi connectivity index (χ0v) is 20.8. The highest BCUT2D eigenvalue weighted by atomic mass is 16.7. The predicted molar refractivity (Wildman–Crippen MR) is 118 cm³/mol. The molecule has 8 rings (SSSR count). The average Bonchev–Trinajstić information content (AvgIpc) is 3.10. The number of aromatic amines is 1. The summed E-state index contributed by atoms with van der Waals surface area (Å²) < 4.78 is 17.8. The van der Waals surface area contributed by atoms with E-state index in [2.05, 4.69) is 4.98 Å². The molecule has 3 saturated heterocycles. The molecule has 4 aliphatic carbocycles. The summed E-state index contributed by atoms with van der Waals surface area (Å²) in [6.45, 7) is 7.70. The number of rotatable bonds is 3. The maximum atomic E-state index is 13.2. The first-order valence-corrected chi connectivity index (χ1v) is 12.5. The highest BCUT2D eigenvalue weighted by Crippen LogP contribution is 2.91. The van der Waals surface area contributed by atoms with E-state index in [4.69, 9.17) is 14.2 Å². The standard InChI is InChI=1S/C25H33NO10/c1-11(2)22(31)16(34-14(27)12-7-6-8-26-12)23(32)17(3)10-21(30)19(22,5)25(23,33)24(36-21)15(28)18(4)13(35-18)9-20(17,24)29/h6-8,11,13,15-16,26,28-33H,9-10H2,1-5H3/t13-,15-,16+,17-,18-,19-,20-,21-,22+,23+,24+,25+/m0/s1. The molecule has 11 heteroatoms. The minimum atomic E-state index is -2.66. The fraction of sp³-hybridized carbons (Fsp3) is 0.800. The fourth-order valence-corrected chi connectivity index (χ4v) is 9.87. The van der Waals surface area contributed by atoms with E-state index in [1.54, 1.807) is 26.8 Å². The first kappa shape index (κ1) is 23.5. The lowest BCUT2D eigenvalue weighted by molar-refractivity contribution is -0.386. The van der Waals surface area contributed by atoms with E-state index in [0.717, 1.165) is 0 Å². The molecule has 1 aromatic rings. The van der Waals surface area contributed by atoms with Crippen LogP contribution in [0, 0.1) is 16.7 Å². The minimum absolute atomic E-state index is 0.0531. The second-order valence-corrected chi connectivity index (χ2v) is 12.8. The number of H-pyrrole nitrogens is 1. The molecule has 0 amide bonds. The van der Waals surface area contributed by atoms with Crippen LogP contribution in [0.1, 0.15) is 57.9 Å². The van der Waals surface area contributed by atoms with Gasteiger partial charge in [-0.25, -0.2) is 4.79 Å². The molecule has 7 fully saturated rings. The average molecular weight is 508 g/mol. The van der Waals surface area contributed by atoms with Crippen LogP contribution in [-0.4, -0.2) is 99.3 Å². The maximum absolute atomic E-state index is 13.2. The van der Waals surface area contributed by atoms with Gasteiger partial charge in [0, 0.05) is 24.5 Å². The van der Waals surface area contributed by atoms with Crippen LogP contribution < -0.4 is 0 Å². The Hall–Kier alpha value is -1.57. The highest BCUT2D eigenvalue weighted by molar-refractivity contribution is 5.87. The van der Waals surface area contributed by atoms with E-state index < -0.39 is 86.8 Å². The lowest BCUT2D eigenvalue weighted by atomic mass is 9.52. The zero-order chi connectivity index (χ0) is 26.3. The number of fused-ring (bicyclic) bond motifs is 1. The number of aromatic nitrogens is 1. The summed E-state index contributed by atoms with van der Waals surface area (Å²) in [5.74, 6) is -3.99. The van der Waals surface area contributed by atoms with Gasteiger partial charge >= 0.3 is 5.97 Å². The monoisotopic (exact) mass is 507 g/mol. The fourth-order valence-electron chi connectivity index (χ4n) is 9.87. The quantitative estimate of drug-likeness (QED) is 0.197. The first-order chi connectivity index (χ1) is 16.4. The van der Waals surface area contributed by atoms with E-state index in [9.17, 15) is 35.4 Å². The Kier molecular flexibility index (Phi) is 3.64. The molecule has 1 spiro atoms. The normalized spacial score (nSPS) is 63.5. The number of carbonyl (C=O) groups is 1. The van der Waals surface area contributed by atoms with Gasteiger partial charge in [0.1, 0.15) is 39.8 Å². The molecule has 1 aromatic heterocycles. The molecule has 0 radical (unpaired) electrons.